The van der Waals surface area contributed by atoms with Gasteiger partial charge in [-0.15, -0.1) is 0 Å². The van der Waals surface area contributed by atoms with E-state index in [2.05, 4.69) is 5.32 Å². The summed E-state index contributed by atoms with van der Waals surface area (Å²) < 4.78 is 10.9. The van der Waals surface area contributed by atoms with Crippen LogP contribution < -0.4 is 14.8 Å². The second kappa shape index (κ2) is 5.73. The van der Waals surface area contributed by atoms with E-state index in [1.807, 2.05) is 25.1 Å². The molecule has 5 nitrogen and oxygen atoms in total. The van der Waals surface area contributed by atoms with Gasteiger partial charge in [-0.1, -0.05) is 13.0 Å². The Hall–Kier alpha value is -1.75. The smallest absolute Gasteiger partial charge is 0.305 e. The van der Waals surface area contributed by atoms with Crippen molar-refractivity contribution in [2.45, 2.75) is 19.4 Å². The predicted molar refractivity (Wildman–Crippen MR) is 66.1 cm³/mol. The molecule has 5 heteroatoms. The van der Waals surface area contributed by atoms with Crippen molar-refractivity contribution in [2.75, 3.05) is 19.8 Å². The van der Waals surface area contributed by atoms with Crippen LogP contribution in [0.2, 0.25) is 0 Å². The van der Waals surface area contributed by atoms with E-state index in [4.69, 9.17) is 14.6 Å². The van der Waals surface area contributed by atoms with E-state index in [0.717, 1.165) is 11.3 Å². The SMILES string of the molecule is CCNC(CC(=O)O)c1ccc2c(c1)OCCO2. The number of hydrogen-bond donors (Lipinski definition) is 2. The number of hydrogen-bond acceptors (Lipinski definition) is 4. The first kappa shape index (κ1) is 12.7. The minimum absolute atomic E-state index is 0.0491. The van der Waals surface area contributed by atoms with Gasteiger partial charge in [0.15, 0.2) is 11.5 Å². The van der Waals surface area contributed by atoms with Gasteiger partial charge in [0.05, 0.1) is 6.42 Å². The van der Waals surface area contributed by atoms with Gasteiger partial charge in [-0.05, 0) is 24.2 Å². The van der Waals surface area contributed by atoms with Crippen LogP contribution in [0.3, 0.4) is 0 Å². The molecule has 0 saturated carbocycles. The first-order valence-electron chi connectivity index (χ1n) is 6.05. The summed E-state index contributed by atoms with van der Waals surface area (Å²) in [6.45, 7) is 3.75. The quantitative estimate of drug-likeness (QED) is 0.831. The standard InChI is InChI=1S/C13H17NO4/c1-2-14-10(8-13(15)16)9-3-4-11-12(7-9)18-6-5-17-11/h3-4,7,10,14H,2,5-6,8H2,1H3,(H,15,16). The second-order valence-electron chi connectivity index (χ2n) is 4.11. The summed E-state index contributed by atoms with van der Waals surface area (Å²) in [6.07, 6.45) is 0.0491. The molecular formula is C13H17NO4. The van der Waals surface area contributed by atoms with Crippen LogP contribution in [0.15, 0.2) is 18.2 Å². The zero-order valence-corrected chi connectivity index (χ0v) is 10.3. The fourth-order valence-electron chi connectivity index (χ4n) is 2.01. The summed E-state index contributed by atoms with van der Waals surface area (Å²) in [4.78, 5) is 10.9. The van der Waals surface area contributed by atoms with Gasteiger partial charge in [0.25, 0.3) is 0 Å². The fraction of sp³-hybridized carbons (Fsp3) is 0.462. The summed E-state index contributed by atoms with van der Waals surface area (Å²) in [5.74, 6) is 0.582. The number of carboxylic acids is 1. The van der Waals surface area contributed by atoms with Crippen molar-refractivity contribution in [1.29, 1.82) is 0 Å². The van der Waals surface area contributed by atoms with Gasteiger partial charge in [0.1, 0.15) is 13.2 Å². The minimum atomic E-state index is -0.823. The Morgan fingerprint density at radius 2 is 2.11 bits per heavy atom. The molecule has 0 bridgehead atoms. The maximum Gasteiger partial charge on any atom is 0.305 e. The number of ether oxygens (including phenoxy) is 2. The van der Waals surface area contributed by atoms with Crippen molar-refractivity contribution in [1.82, 2.24) is 5.32 Å². The zero-order chi connectivity index (χ0) is 13.0. The normalized spacial score (nSPS) is 15.2. The molecule has 1 aliphatic heterocycles. The maximum absolute atomic E-state index is 10.9. The van der Waals surface area contributed by atoms with Crippen LogP contribution >= 0.6 is 0 Å². The van der Waals surface area contributed by atoms with Gasteiger partial charge < -0.3 is 19.9 Å². The molecule has 98 valence electrons. The molecule has 2 N–H and O–H groups in total. The second-order valence-corrected chi connectivity index (χ2v) is 4.11. The highest BCUT2D eigenvalue weighted by atomic mass is 16.6. The maximum atomic E-state index is 10.9. The molecule has 0 aliphatic carbocycles. The number of carboxylic acid groups (broad SMARTS) is 1. The van der Waals surface area contributed by atoms with Crippen LogP contribution in [-0.4, -0.2) is 30.8 Å². The summed E-state index contributed by atoms with van der Waals surface area (Å²) in [5.41, 5.74) is 0.906. The van der Waals surface area contributed by atoms with Crippen LogP contribution in [0.1, 0.15) is 24.9 Å². The largest absolute Gasteiger partial charge is 0.486 e. The Kier molecular flexibility index (Phi) is 4.04. The molecule has 1 heterocycles. The summed E-state index contributed by atoms with van der Waals surface area (Å²) in [5, 5.41) is 12.1. The molecule has 1 unspecified atom stereocenters. The first-order chi connectivity index (χ1) is 8.70. The van der Waals surface area contributed by atoms with Gasteiger partial charge in [0.2, 0.25) is 0 Å². The Bertz CT molecular complexity index is 433. The van der Waals surface area contributed by atoms with Crippen molar-refractivity contribution < 1.29 is 19.4 Å². The molecule has 0 radical (unpaired) electrons. The number of rotatable bonds is 5. The van der Waals surface area contributed by atoms with E-state index in [-0.39, 0.29) is 12.5 Å². The van der Waals surface area contributed by atoms with E-state index >= 15 is 0 Å². The van der Waals surface area contributed by atoms with Crippen LogP contribution in [0, 0.1) is 0 Å². The van der Waals surface area contributed by atoms with E-state index in [9.17, 15) is 4.79 Å². The summed E-state index contributed by atoms with van der Waals surface area (Å²) in [7, 11) is 0. The third kappa shape index (κ3) is 2.92. The number of nitrogens with one attached hydrogen (secondary N) is 1. The Balaban J connectivity index is 2.21. The number of benzene rings is 1. The van der Waals surface area contributed by atoms with Gasteiger partial charge in [-0.3, -0.25) is 4.79 Å². The molecule has 18 heavy (non-hydrogen) atoms. The van der Waals surface area contributed by atoms with E-state index < -0.39 is 5.97 Å². The van der Waals surface area contributed by atoms with Crippen LogP contribution in [0.4, 0.5) is 0 Å². The predicted octanol–water partition coefficient (Wildman–Crippen LogP) is 1.58. The average Bonchev–Trinajstić information content (AvgIpc) is 2.37. The molecule has 0 spiro atoms. The van der Waals surface area contributed by atoms with E-state index in [1.165, 1.54) is 0 Å². The lowest BCUT2D eigenvalue weighted by molar-refractivity contribution is -0.137. The molecule has 1 aromatic rings. The Labute approximate surface area is 106 Å². The molecule has 0 amide bonds. The van der Waals surface area contributed by atoms with Crippen LogP contribution in [-0.2, 0) is 4.79 Å². The third-order valence-corrected chi connectivity index (χ3v) is 2.80. The lowest BCUT2D eigenvalue weighted by Crippen LogP contribution is -2.24. The molecule has 2 rings (SSSR count). The van der Waals surface area contributed by atoms with Crippen LogP contribution in [0.25, 0.3) is 0 Å². The molecule has 0 aromatic heterocycles. The van der Waals surface area contributed by atoms with E-state index in [1.54, 1.807) is 0 Å². The lowest BCUT2D eigenvalue weighted by Gasteiger charge is -2.22. The highest BCUT2D eigenvalue weighted by Gasteiger charge is 2.18. The highest BCUT2D eigenvalue weighted by Crippen LogP contribution is 2.33. The molecule has 0 fully saturated rings. The number of carbonyl (C=O) groups is 1. The van der Waals surface area contributed by atoms with Gasteiger partial charge in [0, 0.05) is 6.04 Å². The molecule has 1 aromatic carbocycles. The number of fused-ring (bicyclic) bond motifs is 1. The molecule has 1 aliphatic rings. The van der Waals surface area contributed by atoms with Gasteiger partial charge in [-0.25, -0.2) is 0 Å². The Morgan fingerprint density at radius 3 is 2.78 bits per heavy atom. The summed E-state index contributed by atoms with van der Waals surface area (Å²) >= 11 is 0. The third-order valence-electron chi connectivity index (χ3n) is 2.80. The first-order valence-corrected chi connectivity index (χ1v) is 6.05. The highest BCUT2D eigenvalue weighted by molar-refractivity contribution is 5.68. The van der Waals surface area contributed by atoms with Crippen LogP contribution in [0.5, 0.6) is 11.5 Å². The van der Waals surface area contributed by atoms with Crippen molar-refractivity contribution >= 4 is 5.97 Å². The van der Waals surface area contributed by atoms with Crippen molar-refractivity contribution in [3.8, 4) is 11.5 Å². The van der Waals surface area contributed by atoms with Gasteiger partial charge >= 0.3 is 5.97 Å². The zero-order valence-electron chi connectivity index (χ0n) is 10.3. The lowest BCUT2D eigenvalue weighted by atomic mass is 10.0. The molecule has 0 saturated heterocycles. The van der Waals surface area contributed by atoms with Crippen molar-refractivity contribution in [2.24, 2.45) is 0 Å². The minimum Gasteiger partial charge on any atom is -0.486 e. The number of aliphatic carboxylic acids is 1. The topological polar surface area (TPSA) is 67.8 Å². The Morgan fingerprint density at radius 1 is 1.39 bits per heavy atom. The van der Waals surface area contributed by atoms with Crippen molar-refractivity contribution in [3.05, 3.63) is 23.8 Å². The fourth-order valence-corrected chi connectivity index (χ4v) is 2.01. The molecular weight excluding hydrogens is 234 g/mol. The average molecular weight is 251 g/mol. The summed E-state index contributed by atoms with van der Waals surface area (Å²) in [6, 6.07) is 5.35. The van der Waals surface area contributed by atoms with Gasteiger partial charge in [-0.2, -0.15) is 0 Å². The molecule has 1 atom stereocenters. The van der Waals surface area contributed by atoms with E-state index in [0.29, 0.717) is 25.5 Å². The monoisotopic (exact) mass is 251 g/mol. The van der Waals surface area contributed by atoms with Crippen molar-refractivity contribution in [3.63, 3.8) is 0 Å².